The van der Waals surface area contributed by atoms with Crippen molar-refractivity contribution in [1.29, 1.82) is 0 Å². The van der Waals surface area contributed by atoms with E-state index >= 15 is 0 Å². The number of nitrogens with one attached hydrogen (secondary N) is 1. The van der Waals surface area contributed by atoms with Gasteiger partial charge in [0.2, 0.25) is 11.2 Å². The first-order valence-corrected chi connectivity index (χ1v) is 6.94. The van der Waals surface area contributed by atoms with Gasteiger partial charge >= 0.3 is 6.01 Å². The third kappa shape index (κ3) is 4.64. The summed E-state index contributed by atoms with van der Waals surface area (Å²) < 4.78 is 5.34. The molecule has 5 nitrogen and oxygen atoms in total. The van der Waals surface area contributed by atoms with Gasteiger partial charge in [-0.05, 0) is 36.8 Å². The number of anilines is 1. The van der Waals surface area contributed by atoms with Gasteiger partial charge in [-0.3, -0.25) is 0 Å². The van der Waals surface area contributed by atoms with Gasteiger partial charge in [-0.2, -0.15) is 15.0 Å². The minimum atomic E-state index is 0.167. The maximum absolute atomic E-state index is 5.82. The maximum Gasteiger partial charge on any atom is 0.322 e. The Kier molecular flexibility index (Phi) is 4.99. The average molecular weight is 271 g/mol. The van der Waals surface area contributed by atoms with Gasteiger partial charge in [-0.15, -0.1) is 0 Å². The molecule has 2 rings (SSSR count). The molecule has 0 radical (unpaired) electrons. The van der Waals surface area contributed by atoms with E-state index in [1.54, 1.807) is 0 Å². The standard InChI is InChI=1S/C12H19ClN4O/c1-2-8-18-12-16-10(13)15-11(17-12)14-7-3-4-9-5-6-9/h9H,2-8H2,1H3,(H,14,15,16,17). The number of rotatable bonds is 8. The lowest BCUT2D eigenvalue weighted by molar-refractivity contribution is 0.291. The summed E-state index contributed by atoms with van der Waals surface area (Å²) in [5.74, 6) is 1.45. The van der Waals surface area contributed by atoms with Crippen LogP contribution in [0.4, 0.5) is 5.95 Å². The van der Waals surface area contributed by atoms with Crippen molar-refractivity contribution in [3.05, 3.63) is 5.28 Å². The molecule has 0 unspecified atom stereocenters. The molecule has 0 aliphatic heterocycles. The first-order chi connectivity index (χ1) is 8.78. The highest BCUT2D eigenvalue weighted by Gasteiger charge is 2.20. The molecule has 1 aromatic heterocycles. The maximum atomic E-state index is 5.82. The molecule has 1 fully saturated rings. The van der Waals surface area contributed by atoms with Crippen LogP contribution in [0.1, 0.15) is 39.0 Å². The molecule has 1 aromatic rings. The third-order valence-corrected chi connectivity index (χ3v) is 2.96. The Morgan fingerprint density at radius 3 is 2.89 bits per heavy atom. The Morgan fingerprint density at radius 2 is 2.17 bits per heavy atom. The molecule has 0 amide bonds. The molecule has 100 valence electrons. The van der Waals surface area contributed by atoms with Crippen molar-refractivity contribution >= 4 is 17.5 Å². The number of ether oxygens (including phenoxy) is 1. The Bertz CT molecular complexity index is 384. The van der Waals surface area contributed by atoms with E-state index < -0.39 is 0 Å². The third-order valence-electron chi connectivity index (χ3n) is 2.79. The van der Waals surface area contributed by atoms with Crippen LogP contribution in [0, 0.1) is 5.92 Å². The molecule has 0 aromatic carbocycles. The predicted molar refractivity (Wildman–Crippen MR) is 71.1 cm³/mol. The van der Waals surface area contributed by atoms with Crippen molar-refractivity contribution < 1.29 is 4.74 Å². The van der Waals surface area contributed by atoms with Gasteiger partial charge in [-0.1, -0.05) is 19.8 Å². The van der Waals surface area contributed by atoms with E-state index in [9.17, 15) is 0 Å². The summed E-state index contributed by atoms with van der Waals surface area (Å²) in [4.78, 5) is 12.1. The van der Waals surface area contributed by atoms with Crippen LogP contribution in [-0.2, 0) is 0 Å². The minimum Gasteiger partial charge on any atom is -0.463 e. The van der Waals surface area contributed by atoms with Gasteiger partial charge < -0.3 is 10.1 Å². The number of aromatic nitrogens is 3. The van der Waals surface area contributed by atoms with Gasteiger partial charge in [0.05, 0.1) is 6.61 Å². The lowest BCUT2D eigenvalue weighted by Crippen LogP contribution is -2.09. The Labute approximate surface area is 112 Å². The highest BCUT2D eigenvalue weighted by atomic mass is 35.5. The van der Waals surface area contributed by atoms with E-state index in [2.05, 4.69) is 20.3 Å². The molecular weight excluding hydrogens is 252 g/mol. The predicted octanol–water partition coefficient (Wildman–Crippen LogP) is 2.92. The highest BCUT2D eigenvalue weighted by molar-refractivity contribution is 6.28. The molecule has 0 atom stereocenters. The van der Waals surface area contributed by atoms with Crippen molar-refractivity contribution in [3.8, 4) is 6.01 Å². The zero-order valence-electron chi connectivity index (χ0n) is 10.7. The van der Waals surface area contributed by atoms with Crippen LogP contribution in [0.5, 0.6) is 6.01 Å². The fourth-order valence-electron chi connectivity index (χ4n) is 1.67. The van der Waals surface area contributed by atoms with E-state index in [1.807, 2.05) is 6.92 Å². The minimum absolute atomic E-state index is 0.167. The topological polar surface area (TPSA) is 59.9 Å². The Hall–Kier alpha value is -1.10. The van der Waals surface area contributed by atoms with E-state index in [0.717, 1.165) is 25.3 Å². The summed E-state index contributed by atoms with van der Waals surface area (Å²) >= 11 is 5.82. The van der Waals surface area contributed by atoms with Crippen LogP contribution in [0.2, 0.25) is 5.28 Å². The first kappa shape index (κ1) is 13.3. The molecule has 18 heavy (non-hydrogen) atoms. The second kappa shape index (κ2) is 6.73. The zero-order chi connectivity index (χ0) is 12.8. The van der Waals surface area contributed by atoms with Gasteiger partial charge in [0.15, 0.2) is 0 Å². The van der Waals surface area contributed by atoms with Crippen LogP contribution >= 0.6 is 11.6 Å². The summed E-state index contributed by atoms with van der Waals surface area (Å²) in [5.41, 5.74) is 0. The molecule has 1 N–H and O–H groups in total. The van der Waals surface area contributed by atoms with Crippen molar-refractivity contribution in [3.63, 3.8) is 0 Å². The van der Waals surface area contributed by atoms with Crippen LogP contribution in [0.25, 0.3) is 0 Å². The van der Waals surface area contributed by atoms with E-state index in [-0.39, 0.29) is 5.28 Å². The van der Waals surface area contributed by atoms with Crippen molar-refractivity contribution in [1.82, 2.24) is 15.0 Å². The van der Waals surface area contributed by atoms with Gasteiger partial charge in [0.25, 0.3) is 0 Å². The van der Waals surface area contributed by atoms with Crippen LogP contribution in [0.3, 0.4) is 0 Å². The van der Waals surface area contributed by atoms with Gasteiger partial charge in [0.1, 0.15) is 0 Å². The fourth-order valence-corrected chi connectivity index (χ4v) is 1.82. The van der Waals surface area contributed by atoms with Gasteiger partial charge in [-0.25, -0.2) is 0 Å². The van der Waals surface area contributed by atoms with Crippen LogP contribution in [0.15, 0.2) is 0 Å². The highest BCUT2D eigenvalue weighted by Crippen LogP contribution is 2.33. The Balaban J connectivity index is 1.79. The van der Waals surface area contributed by atoms with Crippen molar-refractivity contribution in [2.45, 2.75) is 39.0 Å². The van der Waals surface area contributed by atoms with Crippen molar-refractivity contribution in [2.75, 3.05) is 18.5 Å². The van der Waals surface area contributed by atoms with E-state index in [4.69, 9.17) is 16.3 Å². The molecule has 1 aliphatic rings. The van der Waals surface area contributed by atoms with Crippen LogP contribution in [-0.4, -0.2) is 28.1 Å². The van der Waals surface area contributed by atoms with Gasteiger partial charge in [0, 0.05) is 6.54 Å². The normalized spacial score (nSPS) is 14.6. The molecule has 0 saturated heterocycles. The molecular formula is C12H19ClN4O. The molecule has 0 spiro atoms. The number of hydrogen-bond acceptors (Lipinski definition) is 5. The molecule has 0 bridgehead atoms. The SMILES string of the molecule is CCCOc1nc(Cl)nc(NCCCC2CC2)n1. The van der Waals surface area contributed by atoms with E-state index in [1.165, 1.54) is 19.3 Å². The summed E-state index contributed by atoms with van der Waals surface area (Å²) in [7, 11) is 0. The molecule has 1 heterocycles. The number of halogens is 1. The lowest BCUT2D eigenvalue weighted by atomic mass is 10.2. The second-order valence-corrected chi connectivity index (χ2v) is 4.91. The quantitative estimate of drug-likeness (QED) is 0.736. The summed E-state index contributed by atoms with van der Waals surface area (Å²) in [6, 6.07) is 0.293. The lowest BCUT2D eigenvalue weighted by Gasteiger charge is -2.07. The zero-order valence-corrected chi connectivity index (χ0v) is 11.4. The summed E-state index contributed by atoms with van der Waals surface area (Å²) in [6.45, 7) is 3.48. The monoisotopic (exact) mass is 270 g/mol. The first-order valence-electron chi connectivity index (χ1n) is 6.56. The fraction of sp³-hybridized carbons (Fsp3) is 0.750. The smallest absolute Gasteiger partial charge is 0.322 e. The van der Waals surface area contributed by atoms with Crippen LogP contribution < -0.4 is 10.1 Å². The van der Waals surface area contributed by atoms with E-state index in [0.29, 0.717) is 18.6 Å². The molecule has 1 aliphatic carbocycles. The second-order valence-electron chi connectivity index (χ2n) is 4.57. The van der Waals surface area contributed by atoms with Crippen molar-refractivity contribution in [2.24, 2.45) is 5.92 Å². The molecule has 1 saturated carbocycles. The largest absolute Gasteiger partial charge is 0.463 e. The Morgan fingerprint density at radius 1 is 1.33 bits per heavy atom. The summed E-state index contributed by atoms with van der Waals surface area (Å²) in [6.07, 6.45) is 6.12. The average Bonchev–Trinajstić information content (AvgIpc) is 3.15. The number of hydrogen-bond donors (Lipinski definition) is 1. The molecule has 6 heteroatoms. The number of nitrogens with zero attached hydrogens (tertiary/aromatic N) is 3. The summed E-state index contributed by atoms with van der Waals surface area (Å²) in [5, 5.41) is 3.33.